The lowest BCUT2D eigenvalue weighted by molar-refractivity contribution is 0.390. The van der Waals surface area contributed by atoms with Crippen LogP contribution in [0.4, 0.5) is 0 Å². The van der Waals surface area contributed by atoms with Crippen LogP contribution in [0.5, 0.6) is 0 Å². The summed E-state index contributed by atoms with van der Waals surface area (Å²) in [5.41, 5.74) is 2.31. The third-order valence-corrected chi connectivity index (χ3v) is 5.27. The van der Waals surface area contributed by atoms with Crippen molar-refractivity contribution >= 4 is 10.0 Å². The molecule has 2 rings (SSSR count). The van der Waals surface area contributed by atoms with Crippen molar-refractivity contribution < 1.29 is 12.9 Å². The lowest BCUT2D eigenvalue weighted by Gasteiger charge is -2.17. The Balaban J connectivity index is 2.22. The Hall–Kier alpha value is -2.17. The first-order valence-corrected chi connectivity index (χ1v) is 8.30. The van der Waals surface area contributed by atoms with Gasteiger partial charge in [0.2, 0.25) is 10.0 Å². The van der Waals surface area contributed by atoms with Gasteiger partial charge in [-0.1, -0.05) is 23.4 Å². The summed E-state index contributed by atoms with van der Waals surface area (Å²) < 4.78 is 31.3. The Kier molecular flexibility index (Phi) is 4.64. The van der Waals surface area contributed by atoms with Crippen LogP contribution in [0, 0.1) is 25.2 Å². The van der Waals surface area contributed by atoms with Crippen LogP contribution >= 0.6 is 0 Å². The number of sulfonamides is 1. The van der Waals surface area contributed by atoms with E-state index in [9.17, 15) is 8.42 Å². The zero-order chi connectivity index (χ0) is 16.3. The van der Waals surface area contributed by atoms with Crippen molar-refractivity contribution in [3.63, 3.8) is 0 Å². The lowest BCUT2D eigenvalue weighted by Crippen LogP contribution is -2.28. The Morgan fingerprint density at radius 2 is 2.00 bits per heavy atom. The third kappa shape index (κ3) is 3.35. The smallest absolute Gasteiger partial charge is 0.218 e. The van der Waals surface area contributed by atoms with Crippen LogP contribution < -0.4 is 0 Å². The van der Waals surface area contributed by atoms with E-state index >= 15 is 0 Å². The molecular formula is C15H17N3O3S. The molecule has 0 aliphatic heterocycles. The summed E-state index contributed by atoms with van der Waals surface area (Å²) in [7, 11) is -2.03. The second-order valence-corrected chi connectivity index (χ2v) is 7.16. The highest BCUT2D eigenvalue weighted by Gasteiger charge is 2.22. The molecule has 0 amide bonds. The monoisotopic (exact) mass is 319 g/mol. The van der Waals surface area contributed by atoms with Gasteiger partial charge in [-0.3, -0.25) is 0 Å². The van der Waals surface area contributed by atoms with Crippen LogP contribution in [-0.4, -0.2) is 24.9 Å². The lowest BCUT2D eigenvalue weighted by atomic mass is 10.1. The molecule has 0 fully saturated rings. The van der Waals surface area contributed by atoms with Crippen molar-refractivity contribution in [2.75, 3.05) is 7.05 Å². The molecule has 1 aromatic heterocycles. The summed E-state index contributed by atoms with van der Waals surface area (Å²) in [5, 5.41) is 12.9. The molecule has 0 bridgehead atoms. The molecule has 0 aliphatic rings. The number of nitrogens with zero attached hydrogens (tertiary/aromatic N) is 3. The molecule has 0 aliphatic carbocycles. The standard InChI is InChI=1S/C15H17N3O3S/c1-11-15(12(2)21-17-11)9-18(3)22(19,20)10-14-7-5-4-6-13(14)8-16/h4-7H,9-10H2,1-3H3. The van der Waals surface area contributed by atoms with Gasteiger partial charge in [0, 0.05) is 19.2 Å². The fourth-order valence-electron chi connectivity index (χ4n) is 2.11. The first kappa shape index (κ1) is 16.2. The van der Waals surface area contributed by atoms with E-state index in [-0.39, 0.29) is 12.3 Å². The van der Waals surface area contributed by atoms with Crippen molar-refractivity contribution in [1.82, 2.24) is 9.46 Å². The third-order valence-electron chi connectivity index (χ3n) is 3.51. The van der Waals surface area contributed by atoms with E-state index in [4.69, 9.17) is 9.78 Å². The molecule has 0 atom stereocenters. The van der Waals surface area contributed by atoms with Gasteiger partial charge in [0.25, 0.3) is 0 Å². The van der Waals surface area contributed by atoms with Crippen LogP contribution in [0.3, 0.4) is 0 Å². The SMILES string of the molecule is Cc1noc(C)c1CN(C)S(=O)(=O)Cc1ccccc1C#N. The quantitative estimate of drug-likeness (QED) is 0.842. The van der Waals surface area contributed by atoms with E-state index in [1.54, 1.807) is 38.1 Å². The van der Waals surface area contributed by atoms with Crippen LogP contribution in [0.15, 0.2) is 28.8 Å². The van der Waals surface area contributed by atoms with Gasteiger partial charge in [-0.05, 0) is 25.5 Å². The second kappa shape index (κ2) is 6.30. The molecule has 116 valence electrons. The number of nitriles is 1. The number of aromatic nitrogens is 1. The first-order chi connectivity index (χ1) is 10.3. The van der Waals surface area contributed by atoms with E-state index in [0.29, 0.717) is 22.6 Å². The number of rotatable bonds is 5. The predicted octanol–water partition coefficient (Wildman–Crippen LogP) is 2.12. The number of hydrogen-bond acceptors (Lipinski definition) is 5. The fraction of sp³-hybridized carbons (Fsp3) is 0.333. The summed E-state index contributed by atoms with van der Waals surface area (Å²) in [5.74, 6) is 0.397. The van der Waals surface area contributed by atoms with E-state index in [1.807, 2.05) is 6.07 Å². The average Bonchev–Trinajstić information content (AvgIpc) is 2.79. The molecule has 7 heteroatoms. The molecule has 0 saturated heterocycles. The summed E-state index contributed by atoms with van der Waals surface area (Å²) in [4.78, 5) is 0. The molecule has 2 aromatic rings. The van der Waals surface area contributed by atoms with E-state index < -0.39 is 10.0 Å². The molecule has 1 heterocycles. The van der Waals surface area contributed by atoms with Gasteiger partial charge in [0.1, 0.15) is 5.76 Å². The molecule has 6 nitrogen and oxygen atoms in total. The number of aryl methyl sites for hydroxylation is 2. The molecule has 1 aromatic carbocycles. The van der Waals surface area contributed by atoms with Crippen molar-refractivity contribution in [3.05, 3.63) is 52.4 Å². The van der Waals surface area contributed by atoms with Crippen LogP contribution in [0.2, 0.25) is 0 Å². The van der Waals surface area contributed by atoms with E-state index in [1.165, 1.54) is 11.4 Å². The van der Waals surface area contributed by atoms with Gasteiger partial charge in [0.05, 0.1) is 23.1 Å². The highest BCUT2D eigenvalue weighted by atomic mass is 32.2. The van der Waals surface area contributed by atoms with Gasteiger partial charge < -0.3 is 4.52 Å². The summed E-state index contributed by atoms with van der Waals surface area (Å²) in [6.07, 6.45) is 0. The minimum Gasteiger partial charge on any atom is -0.361 e. The molecule has 0 N–H and O–H groups in total. The van der Waals surface area contributed by atoms with Gasteiger partial charge in [-0.2, -0.15) is 5.26 Å². The molecule has 22 heavy (non-hydrogen) atoms. The fourth-order valence-corrected chi connectivity index (χ4v) is 3.30. The number of benzene rings is 1. The molecular weight excluding hydrogens is 302 g/mol. The highest BCUT2D eigenvalue weighted by molar-refractivity contribution is 7.88. The minimum atomic E-state index is -3.54. The number of hydrogen-bond donors (Lipinski definition) is 0. The Morgan fingerprint density at radius 3 is 2.59 bits per heavy atom. The Labute approximate surface area is 130 Å². The Bertz CT molecular complexity index is 799. The van der Waals surface area contributed by atoms with Crippen molar-refractivity contribution in [1.29, 1.82) is 5.26 Å². The van der Waals surface area contributed by atoms with Crippen LogP contribution in [0.25, 0.3) is 0 Å². The topological polar surface area (TPSA) is 87.2 Å². The first-order valence-electron chi connectivity index (χ1n) is 6.69. The minimum absolute atomic E-state index is 0.193. The summed E-state index contributed by atoms with van der Waals surface area (Å²) >= 11 is 0. The largest absolute Gasteiger partial charge is 0.361 e. The maximum Gasteiger partial charge on any atom is 0.218 e. The molecule has 0 unspecified atom stereocenters. The summed E-state index contributed by atoms with van der Waals surface area (Å²) in [6.45, 7) is 3.72. The normalized spacial score (nSPS) is 11.6. The highest BCUT2D eigenvalue weighted by Crippen LogP contribution is 2.19. The van der Waals surface area contributed by atoms with Crippen LogP contribution in [-0.2, 0) is 22.3 Å². The Morgan fingerprint density at radius 1 is 1.32 bits per heavy atom. The maximum atomic E-state index is 12.5. The molecule has 0 saturated carbocycles. The van der Waals surface area contributed by atoms with Gasteiger partial charge >= 0.3 is 0 Å². The maximum absolute atomic E-state index is 12.5. The van der Waals surface area contributed by atoms with Crippen molar-refractivity contribution in [2.45, 2.75) is 26.1 Å². The second-order valence-electron chi connectivity index (χ2n) is 5.08. The van der Waals surface area contributed by atoms with Gasteiger partial charge in [0.15, 0.2) is 0 Å². The zero-order valence-corrected chi connectivity index (χ0v) is 13.5. The van der Waals surface area contributed by atoms with Crippen molar-refractivity contribution in [2.24, 2.45) is 0 Å². The zero-order valence-electron chi connectivity index (χ0n) is 12.7. The molecule has 0 radical (unpaired) electrons. The van der Waals surface area contributed by atoms with E-state index in [0.717, 1.165) is 5.56 Å². The van der Waals surface area contributed by atoms with Gasteiger partial charge in [-0.15, -0.1) is 0 Å². The van der Waals surface area contributed by atoms with E-state index in [2.05, 4.69) is 5.16 Å². The van der Waals surface area contributed by atoms with Crippen molar-refractivity contribution in [3.8, 4) is 6.07 Å². The average molecular weight is 319 g/mol. The van der Waals surface area contributed by atoms with Gasteiger partial charge in [-0.25, -0.2) is 12.7 Å². The van der Waals surface area contributed by atoms with Crippen LogP contribution in [0.1, 0.15) is 28.1 Å². The predicted molar refractivity (Wildman–Crippen MR) is 81.2 cm³/mol. The summed E-state index contributed by atoms with van der Waals surface area (Å²) in [6, 6.07) is 8.71. The molecule has 0 spiro atoms.